The molecule has 2 aromatic rings. The lowest BCUT2D eigenvalue weighted by Gasteiger charge is -2.16. The summed E-state index contributed by atoms with van der Waals surface area (Å²) in [7, 11) is 0. The summed E-state index contributed by atoms with van der Waals surface area (Å²) >= 11 is 0. The molecule has 0 bridgehead atoms. The van der Waals surface area contributed by atoms with Crippen molar-refractivity contribution in [2.45, 2.75) is 25.7 Å². The number of rotatable bonds is 4. The number of imide groups is 2. The number of amides is 4. The van der Waals surface area contributed by atoms with Crippen LogP contribution < -0.4 is 9.80 Å². The smallest absolute Gasteiger partial charge is 0.238 e. The lowest BCUT2D eigenvalue weighted by Crippen LogP contribution is -2.31. The molecule has 2 aliphatic carbocycles. The van der Waals surface area contributed by atoms with Gasteiger partial charge in [0.05, 0.1) is 35.0 Å². The Morgan fingerprint density at radius 3 is 1.06 bits per heavy atom. The molecule has 180 valence electrons. The second-order valence-electron chi connectivity index (χ2n) is 9.76. The fraction of sp³-hybridized carbons (Fsp3) is 0.276. The Labute approximate surface area is 208 Å². The van der Waals surface area contributed by atoms with E-state index in [0.717, 1.165) is 0 Å². The highest BCUT2D eigenvalue weighted by Gasteiger charge is 2.48. The average molecular weight is 481 g/mol. The minimum Gasteiger partial charge on any atom is -0.289 e. The van der Waals surface area contributed by atoms with Crippen molar-refractivity contribution in [1.82, 2.24) is 0 Å². The van der Waals surface area contributed by atoms with Crippen LogP contribution in [0.5, 0.6) is 0 Å². The normalized spacial score (nSPS) is 27.0. The summed E-state index contributed by atoms with van der Waals surface area (Å²) in [6, 6.07) is 12.9. The summed E-state index contributed by atoms with van der Waals surface area (Å²) in [4.78, 5) is 66.8. The highest BCUT2D eigenvalue weighted by molar-refractivity contribution is 6.23. The van der Waals surface area contributed by atoms with E-state index in [1.54, 1.807) is 48.5 Å². The van der Waals surface area contributed by atoms with Crippen LogP contribution in [0.1, 0.15) is 41.6 Å². The van der Waals surface area contributed by atoms with Gasteiger partial charge in [0.1, 0.15) is 0 Å². The zero-order valence-electron chi connectivity index (χ0n) is 19.5. The first kappa shape index (κ1) is 22.3. The molecule has 7 nitrogen and oxygen atoms in total. The summed E-state index contributed by atoms with van der Waals surface area (Å²) < 4.78 is 0. The molecule has 4 amide bonds. The van der Waals surface area contributed by atoms with E-state index in [2.05, 4.69) is 0 Å². The first-order chi connectivity index (χ1) is 17.5. The van der Waals surface area contributed by atoms with Gasteiger partial charge in [0.15, 0.2) is 5.78 Å². The van der Waals surface area contributed by atoms with Gasteiger partial charge in [-0.15, -0.1) is 0 Å². The minimum absolute atomic E-state index is 0.189. The highest BCUT2D eigenvalue weighted by atomic mass is 16.2. The van der Waals surface area contributed by atoms with Crippen molar-refractivity contribution >= 4 is 40.8 Å². The van der Waals surface area contributed by atoms with Gasteiger partial charge in [0.25, 0.3) is 0 Å². The molecule has 4 atom stereocenters. The van der Waals surface area contributed by atoms with Gasteiger partial charge in [-0.3, -0.25) is 33.8 Å². The number of anilines is 2. The molecule has 4 aliphatic rings. The third kappa shape index (κ3) is 3.38. The standard InChI is InChI=1S/C29H24N2O5/c32-25(17-9-13-19(14-10-17)30-26(33)21-5-1-2-6-22(21)27(30)34)18-11-15-20(16-12-18)31-28(35)23-7-3-4-8-24(23)29(31)36/h1-4,9-16,21-24H,5-8H2/t21-,22+,23-,24+. The van der Waals surface area contributed by atoms with Crippen molar-refractivity contribution in [2.24, 2.45) is 23.7 Å². The van der Waals surface area contributed by atoms with E-state index in [-0.39, 0.29) is 53.1 Å². The number of hydrogen-bond acceptors (Lipinski definition) is 5. The monoisotopic (exact) mass is 480 g/mol. The van der Waals surface area contributed by atoms with Gasteiger partial charge in [-0.25, -0.2) is 0 Å². The summed E-state index contributed by atoms with van der Waals surface area (Å²) in [6.45, 7) is 0. The predicted molar refractivity (Wildman–Crippen MR) is 132 cm³/mol. The Hall–Kier alpha value is -4.13. The van der Waals surface area contributed by atoms with Gasteiger partial charge >= 0.3 is 0 Å². The number of fused-ring (bicyclic) bond motifs is 2. The number of carbonyl (C=O) groups is 5. The van der Waals surface area contributed by atoms with Gasteiger partial charge < -0.3 is 0 Å². The van der Waals surface area contributed by atoms with E-state index in [0.29, 0.717) is 48.2 Å². The second kappa shape index (κ2) is 8.52. The van der Waals surface area contributed by atoms with E-state index < -0.39 is 0 Å². The Kier molecular flexibility index (Phi) is 5.29. The maximum Gasteiger partial charge on any atom is 0.238 e. The lowest BCUT2D eigenvalue weighted by atomic mass is 9.85. The van der Waals surface area contributed by atoms with E-state index in [9.17, 15) is 24.0 Å². The average Bonchev–Trinajstić information content (AvgIpc) is 3.33. The first-order valence-electron chi connectivity index (χ1n) is 12.3. The summed E-state index contributed by atoms with van der Waals surface area (Å²) in [6.07, 6.45) is 10.1. The number of nitrogens with zero attached hydrogens (tertiary/aromatic N) is 2. The highest BCUT2D eigenvalue weighted by Crippen LogP contribution is 2.39. The van der Waals surface area contributed by atoms with Crippen molar-refractivity contribution in [1.29, 1.82) is 0 Å². The zero-order valence-corrected chi connectivity index (χ0v) is 19.5. The molecule has 0 unspecified atom stereocenters. The lowest BCUT2D eigenvalue weighted by molar-refractivity contribution is -0.124. The van der Waals surface area contributed by atoms with Crippen LogP contribution >= 0.6 is 0 Å². The Morgan fingerprint density at radius 2 is 0.778 bits per heavy atom. The predicted octanol–water partition coefficient (Wildman–Crippen LogP) is 3.83. The summed E-state index contributed by atoms with van der Waals surface area (Å²) in [5, 5.41) is 0. The van der Waals surface area contributed by atoms with Crippen LogP contribution in [-0.2, 0) is 19.2 Å². The summed E-state index contributed by atoms with van der Waals surface area (Å²) in [5.74, 6) is -2.22. The van der Waals surface area contributed by atoms with Crippen LogP contribution in [0.25, 0.3) is 0 Å². The molecule has 7 heteroatoms. The Morgan fingerprint density at radius 1 is 0.500 bits per heavy atom. The number of allylic oxidation sites excluding steroid dienone is 4. The molecule has 0 spiro atoms. The number of hydrogen-bond donors (Lipinski definition) is 0. The van der Waals surface area contributed by atoms with Crippen LogP contribution in [0, 0.1) is 23.7 Å². The number of carbonyl (C=O) groups excluding carboxylic acids is 5. The molecule has 2 heterocycles. The van der Waals surface area contributed by atoms with Crippen LogP contribution in [0.3, 0.4) is 0 Å². The van der Waals surface area contributed by atoms with Crippen molar-refractivity contribution < 1.29 is 24.0 Å². The van der Waals surface area contributed by atoms with Crippen LogP contribution in [-0.4, -0.2) is 29.4 Å². The molecular weight excluding hydrogens is 456 g/mol. The van der Waals surface area contributed by atoms with E-state index in [1.807, 2.05) is 24.3 Å². The molecule has 36 heavy (non-hydrogen) atoms. The topological polar surface area (TPSA) is 91.8 Å². The maximum absolute atomic E-state index is 13.1. The fourth-order valence-corrected chi connectivity index (χ4v) is 5.80. The van der Waals surface area contributed by atoms with Crippen LogP contribution in [0.2, 0.25) is 0 Å². The van der Waals surface area contributed by atoms with Gasteiger partial charge in [-0.1, -0.05) is 24.3 Å². The Bertz CT molecular complexity index is 1200. The molecule has 0 N–H and O–H groups in total. The van der Waals surface area contributed by atoms with Crippen LogP contribution in [0.15, 0.2) is 72.8 Å². The van der Waals surface area contributed by atoms with Gasteiger partial charge in [-0.2, -0.15) is 0 Å². The van der Waals surface area contributed by atoms with Gasteiger partial charge in [0, 0.05) is 11.1 Å². The zero-order chi connectivity index (χ0) is 25.0. The molecule has 6 rings (SSSR count). The fourth-order valence-electron chi connectivity index (χ4n) is 5.80. The SMILES string of the molecule is O=C(c1ccc(N2C(=O)[C@H]3CC=CC[C@H]3C2=O)cc1)c1ccc(N2C(=O)[C@H]3CC=CC[C@H]3C2=O)cc1. The Balaban J connectivity index is 1.18. The molecule has 0 saturated carbocycles. The molecule has 2 saturated heterocycles. The second-order valence-corrected chi connectivity index (χ2v) is 9.76. The van der Waals surface area contributed by atoms with Crippen molar-refractivity contribution in [3.05, 3.63) is 84.0 Å². The van der Waals surface area contributed by atoms with Crippen molar-refractivity contribution in [3.8, 4) is 0 Å². The maximum atomic E-state index is 13.1. The van der Waals surface area contributed by atoms with Crippen molar-refractivity contribution in [2.75, 3.05) is 9.80 Å². The third-order valence-corrected chi connectivity index (χ3v) is 7.79. The van der Waals surface area contributed by atoms with E-state index in [1.165, 1.54) is 9.80 Å². The molecule has 2 aliphatic heterocycles. The largest absolute Gasteiger partial charge is 0.289 e. The van der Waals surface area contributed by atoms with E-state index in [4.69, 9.17) is 0 Å². The number of ketones is 1. The van der Waals surface area contributed by atoms with E-state index >= 15 is 0 Å². The summed E-state index contributed by atoms with van der Waals surface area (Å²) in [5.41, 5.74) is 1.76. The molecule has 0 aromatic heterocycles. The van der Waals surface area contributed by atoms with Gasteiger partial charge in [0.2, 0.25) is 23.6 Å². The van der Waals surface area contributed by atoms with Crippen molar-refractivity contribution in [3.63, 3.8) is 0 Å². The quantitative estimate of drug-likeness (QED) is 0.377. The first-order valence-corrected chi connectivity index (χ1v) is 12.3. The van der Waals surface area contributed by atoms with Gasteiger partial charge in [-0.05, 0) is 74.2 Å². The van der Waals surface area contributed by atoms with Crippen LogP contribution in [0.4, 0.5) is 11.4 Å². The minimum atomic E-state index is -0.308. The molecular formula is C29H24N2O5. The third-order valence-electron chi connectivity index (χ3n) is 7.79. The molecule has 2 fully saturated rings. The number of benzene rings is 2. The molecule has 2 aromatic carbocycles. The molecule has 0 radical (unpaired) electrons.